The number of hydrogen-bond acceptors (Lipinski definition) is 3. The first-order valence-electron chi connectivity index (χ1n) is 4.80. The SMILES string of the molecule is COC(=O)Cc1nc2cccc(Cl)c2n1C. The molecule has 84 valence electrons. The summed E-state index contributed by atoms with van der Waals surface area (Å²) in [5.41, 5.74) is 1.62. The number of imidazole rings is 1. The highest BCUT2D eigenvalue weighted by Crippen LogP contribution is 2.23. The van der Waals surface area contributed by atoms with E-state index in [-0.39, 0.29) is 12.4 Å². The number of halogens is 1. The number of ether oxygens (including phenoxy) is 1. The van der Waals surface area contributed by atoms with E-state index in [0.717, 1.165) is 11.0 Å². The molecule has 0 spiro atoms. The second-order valence-electron chi connectivity index (χ2n) is 3.45. The third-order valence-corrected chi connectivity index (χ3v) is 2.77. The Morgan fingerprint density at radius 3 is 2.94 bits per heavy atom. The molecule has 0 saturated carbocycles. The van der Waals surface area contributed by atoms with Gasteiger partial charge in [-0.2, -0.15) is 0 Å². The lowest BCUT2D eigenvalue weighted by atomic mass is 10.3. The van der Waals surface area contributed by atoms with E-state index in [9.17, 15) is 4.79 Å². The van der Waals surface area contributed by atoms with Crippen LogP contribution >= 0.6 is 11.6 Å². The van der Waals surface area contributed by atoms with Gasteiger partial charge in [0.05, 0.1) is 23.2 Å². The molecule has 0 fully saturated rings. The maximum absolute atomic E-state index is 11.2. The summed E-state index contributed by atoms with van der Waals surface area (Å²) in [7, 11) is 3.19. The van der Waals surface area contributed by atoms with Gasteiger partial charge in [-0.15, -0.1) is 0 Å². The Hall–Kier alpha value is -1.55. The Bertz CT molecular complexity index is 548. The number of nitrogens with zero attached hydrogens (tertiary/aromatic N) is 2. The quantitative estimate of drug-likeness (QED) is 0.751. The van der Waals surface area contributed by atoms with Gasteiger partial charge in [0.15, 0.2) is 0 Å². The second kappa shape index (κ2) is 4.14. The van der Waals surface area contributed by atoms with Crippen molar-refractivity contribution in [3.05, 3.63) is 29.0 Å². The summed E-state index contributed by atoms with van der Waals surface area (Å²) in [4.78, 5) is 15.5. The highest BCUT2D eigenvalue weighted by Gasteiger charge is 2.13. The predicted molar refractivity (Wildman–Crippen MR) is 61.4 cm³/mol. The van der Waals surface area contributed by atoms with Crippen molar-refractivity contribution < 1.29 is 9.53 Å². The van der Waals surface area contributed by atoms with Crippen LogP contribution in [0, 0.1) is 0 Å². The second-order valence-corrected chi connectivity index (χ2v) is 3.85. The number of fused-ring (bicyclic) bond motifs is 1. The smallest absolute Gasteiger partial charge is 0.313 e. The number of carbonyl (C=O) groups excluding carboxylic acids is 1. The van der Waals surface area contributed by atoms with Gasteiger partial charge in [0.25, 0.3) is 0 Å². The lowest BCUT2D eigenvalue weighted by Gasteiger charge is -2.01. The number of methoxy groups -OCH3 is 1. The number of hydrogen-bond donors (Lipinski definition) is 0. The molecule has 5 heteroatoms. The van der Waals surface area contributed by atoms with Crippen LogP contribution < -0.4 is 0 Å². The number of para-hydroxylation sites is 1. The number of aromatic nitrogens is 2. The molecule has 16 heavy (non-hydrogen) atoms. The topological polar surface area (TPSA) is 44.1 Å². The number of rotatable bonds is 2. The first-order chi connectivity index (χ1) is 7.63. The van der Waals surface area contributed by atoms with Crippen LogP contribution in [-0.2, 0) is 23.0 Å². The van der Waals surface area contributed by atoms with Crippen LogP contribution in [0.1, 0.15) is 5.82 Å². The zero-order valence-electron chi connectivity index (χ0n) is 9.03. The van der Waals surface area contributed by atoms with Gasteiger partial charge in [0, 0.05) is 7.05 Å². The molecule has 0 aliphatic heterocycles. The minimum atomic E-state index is -0.311. The maximum Gasteiger partial charge on any atom is 0.313 e. The molecule has 1 heterocycles. The van der Waals surface area contributed by atoms with Crippen LogP contribution in [0.5, 0.6) is 0 Å². The van der Waals surface area contributed by atoms with E-state index in [1.807, 2.05) is 23.7 Å². The normalized spacial score (nSPS) is 10.7. The Balaban J connectivity index is 2.52. The molecule has 0 amide bonds. The fourth-order valence-corrected chi connectivity index (χ4v) is 1.93. The van der Waals surface area contributed by atoms with Crippen LogP contribution in [0.3, 0.4) is 0 Å². The first-order valence-corrected chi connectivity index (χ1v) is 5.18. The average Bonchev–Trinajstić information content (AvgIpc) is 2.57. The van der Waals surface area contributed by atoms with Crippen LogP contribution in [0.2, 0.25) is 5.02 Å². The van der Waals surface area contributed by atoms with Crippen molar-refractivity contribution in [3.63, 3.8) is 0 Å². The molecule has 0 N–H and O–H groups in total. The van der Waals surface area contributed by atoms with Crippen molar-refractivity contribution in [1.82, 2.24) is 9.55 Å². The van der Waals surface area contributed by atoms with Crippen molar-refractivity contribution in [1.29, 1.82) is 0 Å². The highest BCUT2D eigenvalue weighted by atomic mass is 35.5. The zero-order chi connectivity index (χ0) is 11.7. The zero-order valence-corrected chi connectivity index (χ0v) is 9.78. The van der Waals surface area contributed by atoms with Crippen LogP contribution in [0.25, 0.3) is 11.0 Å². The number of esters is 1. The van der Waals surface area contributed by atoms with Crippen molar-refractivity contribution in [3.8, 4) is 0 Å². The summed E-state index contributed by atoms with van der Waals surface area (Å²) >= 11 is 6.07. The predicted octanol–water partition coefficient (Wildman–Crippen LogP) is 1.94. The van der Waals surface area contributed by atoms with Gasteiger partial charge in [-0.05, 0) is 12.1 Å². The van der Waals surface area contributed by atoms with E-state index in [1.165, 1.54) is 7.11 Å². The molecular formula is C11H11ClN2O2. The molecule has 2 rings (SSSR count). The summed E-state index contributed by atoms with van der Waals surface area (Å²) in [5.74, 6) is 0.337. The maximum atomic E-state index is 11.2. The largest absolute Gasteiger partial charge is 0.469 e. The van der Waals surface area contributed by atoms with Crippen molar-refractivity contribution in [2.75, 3.05) is 7.11 Å². The molecule has 0 bridgehead atoms. The minimum absolute atomic E-state index is 0.151. The number of aryl methyl sites for hydroxylation is 1. The van der Waals surface area contributed by atoms with Crippen LogP contribution in [0.15, 0.2) is 18.2 Å². The van der Waals surface area contributed by atoms with Crippen LogP contribution in [0.4, 0.5) is 0 Å². The summed E-state index contributed by atoms with van der Waals surface area (Å²) in [6.07, 6.45) is 0.151. The lowest BCUT2D eigenvalue weighted by Crippen LogP contribution is -2.09. The first kappa shape index (κ1) is 11.0. The van der Waals surface area contributed by atoms with E-state index in [1.54, 1.807) is 6.07 Å². The molecular weight excluding hydrogens is 228 g/mol. The molecule has 0 saturated heterocycles. The molecule has 0 aliphatic carbocycles. The Morgan fingerprint density at radius 1 is 1.56 bits per heavy atom. The third kappa shape index (κ3) is 1.76. The molecule has 0 unspecified atom stereocenters. The fraction of sp³-hybridized carbons (Fsp3) is 0.273. The van der Waals surface area contributed by atoms with Crippen molar-refractivity contribution in [2.24, 2.45) is 7.05 Å². The van der Waals surface area contributed by atoms with Gasteiger partial charge < -0.3 is 9.30 Å². The molecule has 4 nitrogen and oxygen atoms in total. The van der Waals surface area contributed by atoms with Gasteiger partial charge in [0.2, 0.25) is 0 Å². The molecule has 1 aromatic carbocycles. The summed E-state index contributed by atoms with van der Waals surface area (Å²) < 4.78 is 6.42. The van der Waals surface area contributed by atoms with Gasteiger partial charge in [-0.3, -0.25) is 4.79 Å². The Kier molecular flexibility index (Phi) is 2.83. The molecule has 1 aromatic heterocycles. The van der Waals surface area contributed by atoms with Gasteiger partial charge in [0.1, 0.15) is 12.2 Å². The molecule has 0 atom stereocenters. The summed E-state index contributed by atoms with van der Waals surface area (Å²) in [6, 6.07) is 5.50. The standard InChI is InChI=1S/C11H11ClN2O2/c1-14-9(6-10(15)16-2)13-8-5-3-4-7(12)11(8)14/h3-5H,6H2,1-2H3. The molecule has 0 aliphatic rings. The van der Waals surface area contributed by atoms with Gasteiger partial charge >= 0.3 is 5.97 Å². The average molecular weight is 239 g/mol. The van der Waals surface area contributed by atoms with Gasteiger partial charge in [-0.1, -0.05) is 17.7 Å². The van der Waals surface area contributed by atoms with E-state index in [0.29, 0.717) is 10.8 Å². The van der Waals surface area contributed by atoms with Crippen LogP contribution in [-0.4, -0.2) is 22.6 Å². The molecule has 0 radical (unpaired) electrons. The van der Waals surface area contributed by atoms with Crippen molar-refractivity contribution >= 4 is 28.6 Å². The minimum Gasteiger partial charge on any atom is -0.469 e. The Labute approximate surface area is 97.8 Å². The Morgan fingerprint density at radius 2 is 2.31 bits per heavy atom. The van der Waals surface area contributed by atoms with E-state index >= 15 is 0 Å². The third-order valence-electron chi connectivity index (χ3n) is 2.47. The van der Waals surface area contributed by atoms with E-state index in [4.69, 9.17) is 11.6 Å². The van der Waals surface area contributed by atoms with Gasteiger partial charge in [-0.25, -0.2) is 4.98 Å². The van der Waals surface area contributed by atoms with Crippen molar-refractivity contribution in [2.45, 2.75) is 6.42 Å². The summed E-state index contributed by atoms with van der Waals surface area (Å²) in [5, 5.41) is 0.628. The number of carbonyl (C=O) groups is 1. The fourth-order valence-electron chi connectivity index (χ4n) is 1.63. The number of benzene rings is 1. The molecule has 2 aromatic rings. The van der Waals surface area contributed by atoms with E-state index in [2.05, 4.69) is 9.72 Å². The monoisotopic (exact) mass is 238 g/mol. The summed E-state index contributed by atoms with van der Waals surface area (Å²) in [6.45, 7) is 0. The lowest BCUT2D eigenvalue weighted by molar-refractivity contribution is -0.139. The highest BCUT2D eigenvalue weighted by molar-refractivity contribution is 6.35. The van der Waals surface area contributed by atoms with E-state index < -0.39 is 0 Å².